The Morgan fingerprint density at radius 1 is 1.22 bits per heavy atom. The Hall–Kier alpha value is -2.08. The first-order chi connectivity index (χ1) is 8.63. The molecule has 0 aliphatic rings. The predicted molar refractivity (Wildman–Crippen MR) is 70.3 cm³/mol. The summed E-state index contributed by atoms with van der Waals surface area (Å²) in [4.78, 5) is 22.5. The standard InChI is InChI=1S/C12H18N4O2/c13-6-1-2-7-15-11(17)9-4-3-5-10(8-9)16-12(14)18/h3-5,8H,1-2,6-7,13H2,(H,15,17)(H3,14,16,18). The van der Waals surface area contributed by atoms with Crippen molar-refractivity contribution in [3.8, 4) is 0 Å². The van der Waals surface area contributed by atoms with Gasteiger partial charge in [-0.3, -0.25) is 4.79 Å². The van der Waals surface area contributed by atoms with Crippen molar-refractivity contribution in [1.29, 1.82) is 0 Å². The summed E-state index contributed by atoms with van der Waals surface area (Å²) in [6.45, 7) is 1.21. The first-order valence-corrected chi connectivity index (χ1v) is 5.78. The Bertz CT molecular complexity index is 420. The molecule has 0 fully saturated rings. The molecule has 3 amide bonds. The number of rotatable bonds is 6. The molecule has 0 radical (unpaired) electrons. The lowest BCUT2D eigenvalue weighted by Gasteiger charge is -2.06. The summed E-state index contributed by atoms with van der Waals surface area (Å²) >= 11 is 0. The highest BCUT2D eigenvalue weighted by Gasteiger charge is 2.05. The molecule has 0 heterocycles. The van der Waals surface area contributed by atoms with Crippen molar-refractivity contribution in [2.24, 2.45) is 11.5 Å². The van der Waals surface area contributed by atoms with E-state index >= 15 is 0 Å². The monoisotopic (exact) mass is 250 g/mol. The molecule has 0 spiro atoms. The Labute approximate surface area is 106 Å². The number of amides is 3. The number of nitrogens with two attached hydrogens (primary N) is 2. The highest BCUT2D eigenvalue weighted by molar-refractivity contribution is 5.96. The lowest BCUT2D eigenvalue weighted by molar-refractivity contribution is 0.0953. The molecule has 98 valence electrons. The van der Waals surface area contributed by atoms with Gasteiger partial charge in [0.25, 0.3) is 5.91 Å². The SMILES string of the molecule is NCCCCNC(=O)c1cccc(NC(N)=O)c1. The van der Waals surface area contributed by atoms with Gasteiger partial charge in [-0.05, 0) is 37.6 Å². The van der Waals surface area contributed by atoms with Crippen LogP contribution in [0.25, 0.3) is 0 Å². The minimum atomic E-state index is -0.657. The summed E-state index contributed by atoms with van der Waals surface area (Å²) in [7, 11) is 0. The summed E-state index contributed by atoms with van der Waals surface area (Å²) in [5, 5.41) is 5.19. The van der Waals surface area contributed by atoms with Crippen LogP contribution in [0.15, 0.2) is 24.3 Å². The van der Waals surface area contributed by atoms with Gasteiger partial charge in [-0.1, -0.05) is 6.07 Å². The Balaban J connectivity index is 2.54. The Kier molecular flexibility index (Phi) is 5.66. The molecule has 0 atom stereocenters. The molecule has 6 heteroatoms. The second-order valence-corrected chi connectivity index (χ2v) is 3.82. The zero-order valence-corrected chi connectivity index (χ0v) is 10.1. The van der Waals surface area contributed by atoms with E-state index in [9.17, 15) is 9.59 Å². The van der Waals surface area contributed by atoms with E-state index in [1.807, 2.05) is 0 Å². The van der Waals surface area contributed by atoms with Crippen LogP contribution in [-0.4, -0.2) is 25.0 Å². The molecule has 6 nitrogen and oxygen atoms in total. The molecule has 1 aromatic rings. The van der Waals surface area contributed by atoms with Crippen molar-refractivity contribution in [2.45, 2.75) is 12.8 Å². The topological polar surface area (TPSA) is 110 Å². The van der Waals surface area contributed by atoms with E-state index in [0.29, 0.717) is 24.3 Å². The minimum Gasteiger partial charge on any atom is -0.352 e. The van der Waals surface area contributed by atoms with E-state index in [-0.39, 0.29) is 5.91 Å². The molecule has 1 aromatic carbocycles. The summed E-state index contributed by atoms with van der Waals surface area (Å²) in [6, 6.07) is 5.93. The van der Waals surface area contributed by atoms with E-state index in [0.717, 1.165) is 12.8 Å². The Morgan fingerprint density at radius 2 is 2.00 bits per heavy atom. The molecule has 0 unspecified atom stereocenters. The van der Waals surface area contributed by atoms with E-state index in [2.05, 4.69) is 10.6 Å². The van der Waals surface area contributed by atoms with Crippen LogP contribution < -0.4 is 22.1 Å². The largest absolute Gasteiger partial charge is 0.352 e. The summed E-state index contributed by atoms with van der Waals surface area (Å²) in [5.41, 5.74) is 11.3. The third-order valence-corrected chi connectivity index (χ3v) is 2.31. The third-order valence-electron chi connectivity index (χ3n) is 2.31. The van der Waals surface area contributed by atoms with Crippen LogP contribution in [-0.2, 0) is 0 Å². The fourth-order valence-corrected chi connectivity index (χ4v) is 1.45. The van der Waals surface area contributed by atoms with Crippen LogP contribution in [0.3, 0.4) is 0 Å². The maximum atomic E-state index is 11.8. The minimum absolute atomic E-state index is 0.180. The molecular weight excluding hydrogens is 232 g/mol. The fraction of sp³-hybridized carbons (Fsp3) is 0.333. The summed E-state index contributed by atoms with van der Waals surface area (Å²) < 4.78 is 0. The highest BCUT2D eigenvalue weighted by atomic mass is 16.2. The van der Waals surface area contributed by atoms with Gasteiger partial charge in [0.05, 0.1) is 0 Å². The van der Waals surface area contributed by atoms with Crippen molar-refractivity contribution in [3.63, 3.8) is 0 Å². The molecule has 1 rings (SSSR count). The summed E-state index contributed by atoms with van der Waals surface area (Å²) in [6.07, 6.45) is 1.73. The smallest absolute Gasteiger partial charge is 0.316 e. The van der Waals surface area contributed by atoms with Gasteiger partial charge in [0.1, 0.15) is 0 Å². The molecule has 0 saturated carbocycles. The number of benzene rings is 1. The number of urea groups is 1. The van der Waals surface area contributed by atoms with Gasteiger partial charge in [-0.15, -0.1) is 0 Å². The van der Waals surface area contributed by atoms with Crippen molar-refractivity contribution < 1.29 is 9.59 Å². The van der Waals surface area contributed by atoms with Gasteiger partial charge in [0, 0.05) is 17.8 Å². The average molecular weight is 250 g/mol. The predicted octanol–water partition coefficient (Wildman–Crippen LogP) is 0.646. The van der Waals surface area contributed by atoms with Crippen LogP contribution in [0, 0.1) is 0 Å². The number of primary amides is 1. The van der Waals surface area contributed by atoms with Gasteiger partial charge in [0.2, 0.25) is 0 Å². The van der Waals surface area contributed by atoms with Gasteiger partial charge >= 0.3 is 6.03 Å². The third kappa shape index (κ3) is 4.84. The van der Waals surface area contributed by atoms with Crippen molar-refractivity contribution >= 4 is 17.6 Å². The van der Waals surface area contributed by atoms with Gasteiger partial charge in [-0.25, -0.2) is 4.79 Å². The van der Waals surface area contributed by atoms with Gasteiger partial charge in [0.15, 0.2) is 0 Å². The van der Waals surface area contributed by atoms with Crippen molar-refractivity contribution in [1.82, 2.24) is 5.32 Å². The lowest BCUT2D eigenvalue weighted by Crippen LogP contribution is -2.25. The van der Waals surface area contributed by atoms with E-state index in [1.165, 1.54) is 0 Å². The van der Waals surface area contributed by atoms with Gasteiger partial charge < -0.3 is 22.1 Å². The zero-order valence-electron chi connectivity index (χ0n) is 10.1. The van der Waals surface area contributed by atoms with Crippen molar-refractivity contribution in [2.75, 3.05) is 18.4 Å². The van der Waals surface area contributed by atoms with E-state index < -0.39 is 6.03 Å². The number of hydrogen-bond donors (Lipinski definition) is 4. The molecule has 0 aliphatic carbocycles. The number of carbonyl (C=O) groups excluding carboxylic acids is 2. The van der Waals surface area contributed by atoms with Crippen LogP contribution in [0.2, 0.25) is 0 Å². The van der Waals surface area contributed by atoms with E-state index in [1.54, 1.807) is 24.3 Å². The first-order valence-electron chi connectivity index (χ1n) is 5.78. The maximum Gasteiger partial charge on any atom is 0.316 e. The van der Waals surface area contributed by atoms with Gasteiger partial charge in [-0.2, -0.15) is 0 Å². The van der Waals surface area contributed by atoms with Crippen LogP contribution >= 0.6 is 0 Å². The van der Waals surface area contributed by atoms with Crippen molar-refractivity contribution in [3.05, 3.63) is 29.8 Å². The molecule has 0 aliphatic heterocycles. The molecule has 0 saturated heterocycles. The number of anilines is 1. The molecule has 6 N–H and O–H groups in total. The lowest BCUT2D eigenvalue weighted by atomic mass is 10.2. The number of carbonyl (C=O) groups is 2. The normalized spacial score (nSPS) is 9.83. The number of unbranched alkanes of at least 4 members (excludes halogenated alkanes) is 1. The van der Waals surface area contributed by atoms with Crippen LogP contribution in [0.5, 0.6) is 0 Å². The zero-order chi connectivity index (χ0) is 13.4. The summed E-state index contributed by atoms with van der Waals surface area (Å²) in [5.74, 6) is -0.180. The molecule has 0 aromatic heterocycles. The second kappa shape index (κ2) is 7.29. The Morgan fingerprint density at radius 3 is 2.67 bits per heavy atom. The fourth-order valence-electron chi connectivity index (χ4n) is 1.45. The highest BCUT2D eigenvalue weighted by Crippen LogP contribution is 2.10. The number of hydrogen-bond acceptors (Lipinski definition) is 3. The quantitative estimate of drug-likeness (QED) is 0.556. The number of nitrogens with one attached hydrogen (secondary N) is 2. The second-order valence-electron chi connectivity index (χ2n) is 3.82. The van der Waals surface area contributed by atoms with E-state index in [4.69, 9.17) is 11.5 Å². The first kappa shape index (κ1) is 14.0. The van der Waals surface area contributed by atoms with Crippen LogP contribution in [0.4, 0.5) is 10.5 Å². The maximum absolute atomic E-state index is 11.8. The molecule has 0 bridgehead atoms. The molecule has 18 heavy (non-hydrogen) atoms. The average Bonchev–Trinajstić information content (AvgIpc) is 2.34. The van der Waals surface area contributed by atoms with Crippen LogP contribution in [0.1, 0.15) is 23.2 Å². The molecular formula is C12H18N4O2.